The minimum atomic E-state index is 0.876. The van der Waals surface area contributed by atoms with Crippen molar-refractivity contribution in [1.82, 2.24) is 10.3 Å². The van der Waals surface area contributed by atoms with E-state index in [0.29, 0.717) is 0 Å². The molecule has 0 unspecified atom stereocenters. The predicted molar refractivity (Wildman–Crippen MR) is 89.7 cm³/mol. The molecule has 112 valence electrons. The molecule has 0 saturated carbocycles. The zero-order chi connectivity index (χ0) is 15.2. The van der Waals surface area contributed by atoms with E-state index in [0.717, 1.165) is 31.0 Å². The SMILES string of the molecule is CCc1cc(CNC)cc(N(C)Cc2cccc(C)c2)n1. The van der Waals surface area contributed by atoms with Gasteiger partial charge in [-0.15, -0.1) is 0 Å². The fourth-order valence-corrected chi connectivity index (χ4v) is 2.48. The molecule has 0 bridgehead atoms. The van der Waals surface area contributed by atoms with Gasteiger partial charge in [-0.05, 0) is 43.7 Å². The van der Waals surface area contributed by atoms with Crippen molar-refractivity contribution < 1.29 is 0 Å². The van der Waals surface area contributed by atoms with Crippen LogP contribution in [-0.2, 0) is 19.5 Å². The lowest BCUT2D eigenvalue weighted by Crippen LogP contribution is -2.19. The highest BCUT2D eigenvalue weighted by molar-refractivity contribution is 5.43. The Labute approximate surface area is 128 Å². The molecular weight excluding hydrogens is 258 g/mol. The second-order valence-corrected chi connectivity index (χ2v) is 5.55. The average molecular weight is 283 g/mol. The lowest BCUT2D eigenvalue weighted by molar-refractivity contribution is 0.805. The summed E-state index contributed by atoms with van der Waals surface area (Å²) in [5, 5.41) is 3.21. The van der Waals surface area contributed by atoms with Crippen LogP contribution < -0.4 is 10.2 Å². The summed E-state index contributed by atoms with van der Waals surface area (Å²) in [7, 11) is 4.08. The maximum Gasteiger partial charge on any atom is 0.129 e. The maximum atomic E-state index is 4.75. The molecule has 3 heteroatoms. The summed E-state index contributed by atoms with van der Waals surface area (Å²) in [4.78, 5) is 6.97. The van der Waals surface area contributed by atoms with E-state index in [1.54, 1.807) is 0 Å². The standard InChI is InChI=1S/C18H25N3/c1-5-17-10-16(12-19-3)11-18(20-17)21(4)13-15-8-6-7-14(2)9-15/h6-11,19H,5,12-13H2,1-4H3. The number of hydrogen-bond acceptors (Lipinski definition) is 3. The number of nitrogens with zero attached hydrogens (tertiary/aromatic N) is 2. The summed E-state index contributed by atoms with van der Waals surface area (Å²) in [5.41, 5.74) is 5.05. The fraction of sp³-hybridized carbons (Fsp3) is 0.389. The summed E-state index contributed by atoms with van der Waals surface area (Å²) in [5.74, 6) is 1.04. The molecule has 0 radical (unpaired) electrons. The average Bonchev–Trinajstić information content (AvgIpc) is 2.47. The van der Waals surface area contributed by atoms with Gasteiger partial charge in [0.1, 0.15) is 5.82 Å². The number of hydrogen-bond donors (Lipinski definition) is 1. The van der Waals surface area contributed by atoms with Crippen LogP contribution >= 0.6 is 0 Å². The highest BCUT2D eigenvalue weighted by Crippen LogP contribution is 2.17. The number of pyridine rings is 1. The maximum absolute atomic E-state index is 4.75. The minimum Gasteiger partial charge on any atom is -0.355 e. The number of aryl methyl sites for hydroxylation is 2. The van der Waals surface area contributed by atoms with Gasteiger partial charge in [-0.3, -0.25) is 0 Å². The first-order chi connectivity index (χ1) is 10.1. The minimum absolute atomic E-state index is 0.876. The Morgan fingerprint density at radius 1 is 1.14 bits per heavy atom. The van der Waals surface area contributed by atoms with Crippen molar-refractivity contribution in [3.05, 3.63) is 58.8 Å². The second-order valence-electron chi connectivity index (χ2n) is 5.55. The van der Waals surface area contributed by atoms with Crippen LogP contribution in [0.4, 0.5) is 5.82 Å². The molecule has 1 N–H and O–H groups in total. The van der Waals surface area contributed by atoms with Gasteiger partial charge in [0.25, 0.3) is 0 Å². The Balaban J connectivity index is 2.21. The van der Waals surface area contributed by atoms with Gasteiger partial charge < -0.3 is 10.2 Å². The monoisotopic (exact) mass is 283 g/mol. The molecule has 0 spiro atoms. The van der Waals surface area contributed by atoms with Gasteiger partial charge in [0, 0.05) is 25.8 Å². The van der Waals surface area contributed by atoms with Crippen LogP contribution in [0.2, 0.25) is 0 Å². The van der Waals surface area contributed by atoms with Crippen LogP contribution in [0.3, 0.4) is 0 Å². The molecule has 0 amide bonds. The summed E-state index contributed by atoms with van der Waals surface area (Å²) < 4.78 is 0. The lowest BCUT2D eigenvalue weighted by atomic mass is 10.1. The Bertz CT molecular complexity index is 593. The molecule has 1 aromatic heterocycles. The van der Waals surface area contributed by atoms with Crippen molar-refractivity contribution in [2.24, 2.45) is 0 Å². The van der Waals surface area contributed by atoms with Gasteiger partial charge in [0.05, 0.1) is 0 Å². The molecule has 0 aliphatic heterocycles. The van der Waals surface area contributed by atoms with Crippen molar-refractivity contribution in [3.63, 3.8) is 0 Å². The largest absolute Gasteiger partial charge is 0.355 e. The third-order valence-electron chi connectivity index (χ3n) is 3.56. The summed E-state index contributed by atoms with van der Waals surface area (Å²) >= 11 is 0. The Morgan fingerprint density at radius 2 is 1.95 bits per heavy atom. The van der Waals surface area contributed by atoms with Crippen molar-refractivity contribution in [3.8, 4) is 0 Å². The Morgan fingerprint density at radius 3 is 2.62 bits per heavy atom. The Kier molecular flexibility index (Phi) is 5.34. The van der Waals surface area contributed by atoms with E-state index in [2.05, 4.69) is 67.5 Å². The molecule has 0 atom stereocenters. The van der Waals surface area contributed by atoms with E-state index in [1.165, 1.54) is 16.7 Å². The predicted octanol–water partition coefficient (Wildman–Crippen LogP) is 3.31. The van der Waals surface area contributed by atoms with Crippen molar-refractivity contribution in [1.29, 1.82) is 0 Å². The van der Waals surface area contributed by atoms with Crippen LogP contribution in [0.15, 0.2) is 36.4 Å². The molecule has 0 fully saturated rings. The van der Waals surface area contributed by atoms with Crippen molar-refractivity contribution in [2.75, 3.05) is 19.0 Å². The molecule has 0 saturated heterocycles. The van der Waals surface area contributed by atoms with Crippen LogP contribution in [0, 0.1) is 6.92 Å². The molecule has 21 heavy (non-hydrogen) atoms. The highest BCUT2D eigenvalue weighted by atomic mass is 15.2. The summed E-state index contributed by atoms with van der Waals surface area (Å²) in [6.07, 6.45) is 0.961. The first-order valence-electron chi connectivity index (χ1n) is 7.53. The van der Waals surface area contributed by atoms with E-state index in [-0.39, 0.29) is 0 Å². The zero-order valence-corrected chi connectivity index (χ0v) is 13.5. The van der Waals surface area contributed by atoms with Crippen LogP contribution in [0.25, 0.3) is 0 Å². The number of nitrogens with one attached hydrogen (secondary N) is 1. The number of aromatic nitrogens is 1. The number of benzene rings is 1. The molecule has 1 aromatic carbocycles. The topological polar surface area (TPSA) is 28.2 Å². The number of anilines is 1. The number of rotatable bonds is 6. The first-order valence-corrected chi connectivity index (χ1v) is 7.53. The van der Waals surface area contributed by atoms with Gasteiger partial charge in [-0.25, -0.2) is 4.98 Å². The molecule has 0 aliphatic rings. The normalized spacial score (nSPS) is 10.7. The molecule has 0 aliphatic carbocycles. The van der Waals surface area contributed by atoms with E-state index in [4.69, 9.17) is 4.98 Å². The Hall–Kier alpha value is -1.87. The third kappa shape index (κ3) is 4.30. The first kappa shape index (κ1) is 15.5. The summed E-state index contributed by atoms with van der Waals surface area (Å²) in [6, 6.07) is 13.0. The molecular formula is C18H25N3. The van der Waals surface area contributed by atoms with Crippen LogP contribution in [0.1, 0.15) is 29.3 Å². The van der Waals surface area contributed by atoms with Crippen LogP contribution in [-0.4, -0.2) is 19.1 Å². The quantitative estimate of drug-likeness (QED) is 0.881. The molecule has 2 aromatic rings. The molecule has 1 heterocycles. The van der Waals surface area contributed by atoms with E-state index < -0.39 is 0 Å². The molecule has 3 nitrogen and oxygen atoms in total. The zero-order valence-electron chi connectivity index (χ0n) is 13.5. The highest BCUT2D eigenvalue weighted by Gasteiger charge is 2.07. The lowest BCUT2D eigenvalue weighted by Gasteiger charge is -2.20. The van der Waals surface area contributed by atoms with Gasteiger partial charge in [0.15, 0.2) is 0 Å². The summed E-state index contributed by atoms with van der Waals surface area (Å²) in [6.45, 7) is 6.03. The molecule has 2 rings (SSSR count). The third-order valence-corrected chi connectivity index (χ3v) is 3.56. The van der Waals surface area contributed by atoms with Crippen molar-refractivity contribution >= 4 is 5.82 Å². The van der Waals surface area contributed by atoms with Crippen molar-refractivity contribution in [2.45, 2.75) is 33.4 Å². The second kappa shape index (κ2) is 7.23. The smallest absolute Gasteiger partial charge is 0.129 e. The van der Waals surface area contributed by atoms with E-state index in [9.17, 15) is 0 Å². The van der Waals surface area contributed by atoms with Crippen LogP contribution in [0.5, 0.6) is 0 Å². The van der Waals surface area contributed by atoms with Gasteiger partial charge in [0.2, 0.25) is 0 Å². The fourth-order valence-electron chi connectivity index (χ4n) is 2.48. The van der Waals surface area contributed by atoms with Gasteiger partial charge in [-0.2, -0.15) is 0 Å². The van der Waals surface area contributed by atoms with E-state index >= 15 is 0 Å². The van der Waals surface area contributed by atoms with Gasteiger partial charge >= 0.3 is 0 Å². The van der Waals surface area contributed by atoms with E-state index in [1.807, 2.05) is 7.05 Å². The van der Waals surface area contributed by atoms with Gasteiger partial charge in [-0.1, -0.05) is 36.8 Å².